The van der Waals surface area contributed by atoms with Gasteiger partial charge in [0.1, 0.15) is 22.9 Å². The number of hydrogen-bond acceptors (Lipinski definition) is 3. The Labute approximate surface area is 71.9 Å². The van der Waals surface area contributed by atoms with Gasteiger partial charge in [0.25, 0.3) is 0 Å². The predicted octanol–water partition coefficient (Wildman–Crippen LogP) is 1.94. The monoisotopic (exact) mass is 249 g/mol. The Bertz CT molecular complexity index is 228. The van der Waals surface area contributed by atoms with Crippen LogP contribution in [0.2, 0.25) is 0 Å². The highest BCUT2D eigenvalue weighted by Crippen LogP contribution is 2.34. The first-order chi connectivity index (χ1) is 4.86. The van der Waals surface area contributed by atoms with Crippen molar-refractivity contribution in [1.82, 2.24) is 3.44 Å². The van der Waals surface area contributed by atoms with Crippen LogP contribution in [-0.2, 0) is 0 Å². The summed E-state index contributed by atoms with van der Waals surface area (Å²) >= 11 is 1.92. The summed E-state index contributed by atoms with van der Waals surface area (Å²) in [5, 5.41) is 0. The zero-order valence-electron chi connectivity index (χ0n) is 4.95. The van der Waals surface area contributed by atoms with Crippen LogP contribution >= 0.6 is 22.9 Å². The van der Waals surface area contributed by atoms with E-state index >= 15 is 0 Å². The van der Waals surface area contributed by atoms with Gasteiger partial charge in [-0.15, -0.1) is 0 Å². The van der Waals surface area contributed by atoms with Gasteiger partial charge in [-0.3, -0.25) is 0 Å². The number of hydrogen-bond donors (Lipinski definition) is 0. The van der Waals surface area contributed by atoms with E-state index in [4.69, 9.17) is 9.68 Å². The van der Waals surface area contributed by atoms with Crippen LogP contribution in [0, 0.1) is 0 Å². The maximum absolute atomic E-state index is 5.10. The minimum Gasteiger partial charge on any atom is -0.359 e. The zero-order chi connectivity index (χ0) is 6.97. The third-order valence-electron chi connectivity index (χ3n) is 1.19. The van der Waals surface area contributed by atoms with E-state index in [0.717, 1.165) is 11.5 Å². The molecule has 1 heterocycles. The van der Waals surface area contributed by atoms with E-state index in [1.807, 2.05) is 47.1 Å². The molecule has 2 rings (SSSR count). The number of fused-ring (bicyclic) bond motifs is 1. The second-order valence-electron chi connectivity index (χ2n) is 1.84. The molecule has 1 aliphatic heterocycles. The van der Waals surface area contributed by atoms with Crippen LogP contribution in [0.5, 0.6) is 11.5 Å². The molecule has 10 heavy (non-hydrogen) atoms. The minimum absolute atomic E-state index is 0.761. The molecular weight excluding hydrogens is 245 g/mol. The standard InChI is InChI=1S/C6H4INO2/c7-8-9-5-3-1-2-4-6(5)10-8/h1-4H. The maximum Gasteiger partial charge on any atom is 0.197 e. The van der Waals surface area contributed by atoms with E-state index in [1.165, 1.54) is 3.44 Å². The topological polar surface area (TPSA) is 21.7 Å². The molecule has 0 fully saturated rings. The minimum atomic E-state index is 0.761. The number of rotatable bonds is 0. The molecule has 1 aromatic rings. The van der Waals surface area contributed by atoms with Gasteiger partial charge in [0.15, 0.2) is 11.5 Å². The fourth-order valence-corrected chi connectivity index (χ4v) is 1.20. The highest BCUT2D eigenvalue weighted by molar-refractivity contribution is 14.1. The molecule has 3 nitrogen and oxygen atoms in total. The number of halogens is 1. The Morgan fingerprint density at radius 2 is 1.60 bits per heavy atom. The Morgan fingerprint density at radius 1 is 1.10 bits per heavy atom. The summed E-state index contributed by atoms with van der Waals surface area (Å²) < 4.78 is 1.29. The van der Waals surface area contributed by atoms with E-state index < -0.39 is 0 Å². The second-order valence-corrected chi connectivity index (χ2v) is 2.63. The smallest absolute Gasteiger partial charge is 0.197 e. The van der Waals surface area contributed by atoms with Gasteiger partial charge in [-0.25, -0.2) is 0 Å². The Morgan fingerprint density at radius 3 is 2.10 bits per heavy atom. The lowest BCUT2D eigenvalue weighted by Crippen LogP contribution is -2.11. The second kappa shape index (κ2) is 2.28. The van der Waals surface area contributed by atoms with Crippen LogP contribution < -0.4 is 9.68 Å². The summed E-state index contributed by atoms with van der Waals surface area (Å²) in [4.78, 5) is 10.2. The maximum atomic E-state index is 5.10. The van der Waals surface area contributed by atoms with Crippen molar-refractivity contribution in [2.45, 2.75) is 0 Å². The molecule has 0 radical (unpaired) electrons. The zero-order valence-corrected chi connectivity index (χ0v) is 7.11. The SMILES string of the molecule is IN1Oc2ccccc2O1. The summed E-state index contributed by atoms with van der Waals surface area (Å²) in [7, 11) is 0. The first kappa shape index (κ1) is 6.23. The fraction of sp³-hybridized carbons (Fsp3) is 0. The molecule has 4 heteroatoms. The predicted molar refractivity (Wildman–Crippen MR) is 43.6 cm³/mol. The van der Waals surface area contributed by atoms with Crippen molar-refractivity contribution in [2.24, 2.45) is 0 Å². The van der Waals surface area contributed by atoms with Crippen LogP contribution in [0.1, 0.15) is 0 Å². The molecule has 0 aromatic heterocycles. The lowest BCUT2D eigenvalue weighted by Gasteiger charge is -1.99. The van der Waals surface area contributed by atoms with Crippen molar-refractivity contribution < 1.29 is 9.68 Å². The van der Waals surface area contributed by atoms with Gasteiger partial charge in [-0.05, 0) is 12.1 Å². The van der Waals surface area contributed by atoms with Gasteiger partial charge >= 0.3 is 0 Å². The number of para-hydroxylation sites is 2. The summed E-state index contributed by atoms with van der Waals surface area (Å²) in [6.45, 7) is 0. The molecule has 0 spiro atoms. The van der Waals surface area contributed by atoms with E-state index in [0.29, 0.717) is 0 Å². The molecule has 0 unspecified atom stereocenters. The molecular formula is C6H4INO2. The molecule has 0 saturated heterocycles. The lowest BCUT2D eigenvalue weighted by atomic mass is 10.3. The summed E-state index contributed by atoms with van der Waals surface area (Å²) in [6.07, 6.45) is 0. The van der Waals surface area contributed by atoms with E-state index in [2.05, 4.69) is 0 Å². The van der Waals surface area contributed by atoms with Gasteiger partial charge in [-0.2, -0.15) is 0 Å². The van der Waals surface area contributed by atoms with Crippen LogP contribution in [0.15, 0.2) is 24.3 Å². The van der Waals surface area contributed by atoms with E-state index in [1.54, 1.807) is 0 Å². The Hall–Kier alpha value is -0.490. The quantitative estimate of drug-likeness (QED) is 0.518. The van der Waals surface area contributed by atoms with Crippen LogP contribution in [0.3, 0.4) is 0 Å². The van der Waals surface area contributed by atoms with Crippen LogP contribution in [-0.4, -0.2) is 3.44 Å². The first-order valence-corrected chi connectivity index (χ1v) is 3.73. The van der Waals surface area contributed by atoms with Crippen molar-refractivity contribution in [3.05, 3.63) is 24.3 Å². The van der Waals surface area contributed by atoms with Gasteiger partial charge < -0.3 is 9.68 Å². The Kier molecular flexibility index (Phi) is 1.42. The average Bonchev–Trinajstić information content (AvgIpc) is 2.27. The van der Waals surface area contributed by atoms with Crippen molar-refractivity contribution in [3.8, 4) is 11.5 Å². The molecule has 52 valence electrons. The third kappa shape index (κ3) is 0.929. The molecule has 0 aliphatic carbocycles. The van der Waals surface area contributed by atoms with Gasteiger partial charge in [-0.1, -0.05) is 12.1 Å². The average molecular weight is 249 g/mol. The molecule has 0 atom stereocenters. The normalized spacial score (nSPS) is 15.7. The number of benzene rings is 1. The van der Waals surface area contributed by atoms with Crippen molar-refractivity contribution in [3.63, 3.8) is 0 Å². The van der Waals surface area contributed by atoms with Gasteiger partial charge in [0.05, 0.1) is 3.44 Å². The van der Waals surface area contributed by atoms with Crippen molar-refractivity contribution in [2.75, 3.05) is 0 Å². The third-order valence-corrected chi connectivity index (χ3v) is 1.58. The molecule has 0 amide bonds. The van der Waals surface area contributed by atoms with Crippen LogP contribution in [0.25, 0.3) is 0 Å². The Balaban J connectivity index is 2.42. The fourth-order valence-electron chi connectivity index (χ4n) is 0.774. The molecule has 0 saturated carbocycles. The lowest BCUT2D eigenvalue weighted by molar-refractivity contribution is -0.104. The molecule has 1 aliphatic rings. The summed E-state index contributed by atoms with van der Waals surface area (Å²) in [6, 6.07) is 7.51. The van der Waals surface area contributed by atoms with Crippen molar-refractivity contribution >= 4 is 22.9 Å². The van der Waals surface area contributed by atoms with Crippen molar-refractivity contribution in [1.29, 1.82) is 0 Å². The first-order valence-electron chi connectivity index (χ1n) is 2.77. The largest absolute Gasteiger partial charge is 0.359 e. The van der Waals surface area contributed by atoms with Crippen LogP contribution in [0.4, 0.5) is 0 Å². The van der Waals surface area contributed by atoms with Gasteiger partial charge in [0.2, 0.25) is 0 Å². The van der Waals surface area contributed by atoms with E-state index in [-0.39, 0.29) is 0 Å². The molecule has 0 bridgehead atoms. The summed E-state index contributed by atoms with van der Waals surface area (Å²) in [5.41, 5.74) is 0. The molecule has 1 aromatic carbocycles. The molecule has 0 N–H and O–H groups in total. The summed E-state index contributed by atoms with van der Waals surface area (Å²) in [5.74, 6) is 1.52. The van der Waals surface area contributed by atoms with Gasteiger partial charge in [0, 0.05) is 0 Å². The number of nitrogens with zero attached hydrogens (tertiary/aromatic N) is 1. The highest BCUT2D eigenvalue weighted by atomic mass is 127. The van der Waals surface area contributed by atoms with E-state index in [9.17, 15) is 0 Å². The highest BCUT2D eigenvalue weighted by Gasteiger charge is 2.18.